The van der Waals surface area contributed by atoms with Crippen molar-refractivity contribution in [3.05, 3.63) is 30.3 Å². The van der Waals surface area contributed by atoms with Crippen LogP contribution in [-0.4, -0.2) is 12.1 Å². The van der Waals surface area contributed by atoms with Crippen molar-refractivity contribution >= 4 is 5.91 Å². The zero-order chi connectivity index (χ0) is 9.26. The molecule has 1 heterocycles. The molecule has 68 valence electrons. The highest BCUT2D eigenvalue weighted by Gasteiger charge is 2.36. The Bertz CT molecular complexity index is 310. The van der Waals surface area contributed by atoms with E-state index in [0.29, 0.717) is 0 Å². The number of carbonyl (C=O) groups excluding carboxylic acids is 1. The maximum Gasteiger partial charge on any atom is 0.231 e. The van der Waals surface area contributed by atoms with Crippen LogP contribution in [0.15, 0.2) is 30.3 Å². The summed E-state index contributed by atoms with van der Waals surface area (Å²) in [6.07, 6.45) is -0.158. The predicted molar refractivity (Wildman–Crippen MR) is 48.2 cm³/mol. The van der Waals surface area contributed by atoms with Crippen LogP contribution in [-0.2, 0) is 4.79 Å². The number of nitrogens with one attached hydrogen (secondary N) is 1. The second-order valence-corrected chi connectivity index (χ2v) is 3.15. The zero-order valence-corrected chi connectivity index (χ0v) is 7.36. The normalized spacial score (nSPS) is 26.1. The van der Waals surface area contributed by atoms with E-state index in [1.807, 2.05) is 37.3 Å². The van der Waals surface area contributed by atoms with E-state index in [9.17, 15) is 4.79 Å². The second kappa shape index (κ2) is 3.09. The number of β-lactam (4-membered cyclic amide) rings is 1. The van der Waals surface area contributed by atoms with Gasteiger partial charge in [0.1, 0.15) is 5.75 Å². The lowest BCUT2D eigenvalue weighted by molar-refractivity contribution is -0.142. The Morgan fingerprint density at radius 2 is 2.00 bits per heavy atom. The molecule has 1 saturated heterocycles. The minimum atomic E-state index is -0.158. The number of hydrogen-bond donors (Lipinski definition) is 1. The first-order chi connectivity index (χ1) is 6.27. The van der Waals surface area contributed by atoms with Gasteiger partial charge in [0.2, 0.25) is 5.91 Å². The minimum Gasteiger partial charge on any atom is -0.470 e. The highest BCUT2D eigenvalue weighted by atomic mass is 16.5. The van der Waals surface area contributed by atoms with Crippen LogP contribution in [0, 0.1) is 5.92 Å². The molecule has 2 atom stereocenters. The van der Waals surface area contributed by atoms with Gasteiger partial charge >= 0.3 is 0 Å². The molecule has 1 amide bonds. The number of benzene rings is 1. The highest BCUT2D eigenvalue weighted by molar-refractivity contribution is 5.84. The molecule has 3 heteroatoms. The van der Waals surface area contributed by atoms with Crippen molar-refractivity contribution in [1.29, 1.82) is 0 Å². The van der Waals surface area contributed by atoms with E-state index in [-0.39, 0.29) is 18.1 Å². The topological polar surface area (TPSA) is 38.3 Å². The van der Waals surface area contributed by atoms with E-state index in [4.69, 9.17) is 4.74 Å². The van der Waals surface area contributed by atoms with Gasteiger partial charge in [0, 0.05) is 0 Å². The summed E-state index contributed by atoms with van der Waals surface area (Å²) in [7, 11) is 0. The molecule has 2 rings (SSSR count). The average molecular weight is 177 g/mol. The van der Waals surface area contributed by atoms with Crippen LogP contribution in [0.2, 0.25) is 0 Å². The smallest absolute Gasteiger partial charge is 0.231 e. The molecule has 0 aromatic heterocycles. The van der Waals surface area contributed by atoms with E-state index >= 15 is 0 Å². The zero-order valence-electron chi connectivity index (χ0n) is 7.36. The fraction of sp³-hybridized carbons (Fsp3) is 0.300. The van der Waals surface area contributed by atoms with E-state index in [2.05, 4.69) is 5.32 Å². The van der Waals surface area contributed by atoms with Gasteiger partial charge in [-0.3, -0.25) is 4.79 Å². The summed E-state index contributed by atoms with van der Waals surface area (Å²) in [4.78, 5) is 10.8. The molecule has 1 N–H and O–H groups in total. The van der Waals surface area contributed by atoms with Crippen molar-refractivity contribution in [1.82, 2.24) is 5.32 Å². The van der Waals surface area contributed by atoms with E-state index < -0.39 is 0 Å². The van der Waals surface area contributed by atoms with Crippen molar-refractivity contribution < 1.29 is 9.53 Å². The molecule has 1 aliphatic rings. The standard InChI is InChI=1S/C10H11NO2/c1-7-9(12)11-10(7)13-8-5-3-2-4-6-8/h2-7,10H,1H3,(H,11,12)/t7-,10+/m1/s1. The number of ether oxygens (including phenoxy) is 1. The van der Waals surface area contributed by atoms with Gasteiger partial charge in [0.05, 0.1) is 5.92 Å². The van der Waals surface area contributed by atoms with Gasteiger partial charge in [-0.2, -0.15) is 0 Å². The first-order valence-corrected chi connectivity index (χ1v) is 4.29. The monoisotopic (exact) mass is 177 g/mol. The average Bonchev–Trinajstić information content (AvgIpc) is 2.19. The van der Waals surface area contributed by atoms with Crippen LogP contribution in [0.3, 0.4) is 0 Å². The molecular weight excluding hydrogens is 166 g/mol. The Labute approximate surface area is 76.7 Å². The lowest BCUT2D eigenvalue weighted by Gasteiger charge is -2.33. The summed E-state index contributed by atoms with van der Waals surface area (Å²) >= 11 is 0. The Morgan fingerprint density at radius 3 is 2.54 bits per heavy atom. The van der Waals surface area contributed by atoms with Crippen molar-refractivity contribution in [2.75, 3.05) is 0 Å². The summed E-state index contributed by atoms with van der Waals surface area (Å²) in [6.45, 7) is 1.85. The Morgan fingerprint density at radius 1 is 1.31 bits per heavy atom. The van der Waals surface area contributed by atoms with E-state index in [1.165, 1.54) is 0 Å². The molecule has 1 fully saturated rings. The summed E-state index contributed by atoms with van der Waals surface area (Å²) in [5, 5.41) is 2.68. The highest BCUT2D eigenvalue weighted by Crippen LogP contribution is 2.19. The fourth-order valence-electron chi connectivity index (χ4n) is 1.22. The summed E-state index contributed by atoms with van der Waals surface area (Å²) in [5.41, 5.74) is 0. The van der Waals surface area contributed by atoms with E-state index in [1.54, 1.807) is 0 Å². The third-order valence-electron chi connectivity index (χ3n) is 2.16. The summed E-state index contributed by atoms with van der Waals surface area (Å²) < 4.78 is 5.50. The molecule has 0 unspecified atom stereocenters. The van der Waals surface area contributed by atoms with Gasteiger partial charge < -0.3 is 10.1 Å². The molecule has 0 aliphatic carbocycles. The maximum absolute atomic E-state index is 10.8. The first-order valence-electron chi connectivity index (χ1n) is 4.29. The molecule has 1 aromatic rings. The van der Waals surface area contributed by atoms with Crippen LogP contribution in [0.25, 0.3) is 0 Å². The van der Waals surface area contributed by atoms with Gasteiger partial charge in [0.15, 0.2) is 6.23 Å². The van der Waals surface area contributed by atoms with Crippen LogP contribution in [0.5, 0.6) is 5.75 Å². The molecular formula is C10H11NO2. The SMILES string of the molecule is C[C@@H]1C(=O)N[C@H]1Oc1ccccc1. The lowest BCUT2D eigenvalue weighted by atomic mass is 10.0. The third-order valence-corrected chi connectivity index (χ3v) is 2.16. The van der Waals surface area contributed by atoms with Crippen LogP contribution in [0.4, 0.5) is 0 Å². The van der Waals surface area contributed by atoms with Gasteiger partial charge in [0.25, 0.3) is 0 Å². The molecule has 0 radical (unpaired) electrons. The van der Waals surface area contributed by atoms with Crippen molar-refractivity contribution in [2.24, 2.45) is 5.92 Å². The maximum atomic E-state index is 10.8. The second-order valence-electron chi connectivity index (χ2n) is 3.15. The Balaban J connectivity index is 1.97. The van der Waals surface area contributed by atoms with Crippen LogP contribution in [0.1, 0.15) is 6.92 Å². The number of hydrogen-bond acceptors (Lipinski definition) is 2. The largest absolute Gasteiger partial charge is 0.470 e. The van der Waals surface area contributed by atoms with Crippen LogP contribution < -0.4 is 10.1 Å². The Hall–Kier alpha value is -1.51. The quantitative estimate of drug-likeness (QED) is 0.688. The van der Waals surface area contributed by atoms with Crippen LogP contribution >= 0.6 is 0 Å². The third kappa shape index (κ3) is 1.49. The molecule has 0 bridgehead atoms. The van der Waals surface area contributed by atoms with E-state index in [0.717, 1.165) is 5.75 Å². The molecule has 13 heavy (non-hydrogen) atoms. The van der Waals surface area contributed by atoms with Gasteiger partial charge in [-0.15, -0.1) is 0 Å². The molecule has 0 spiro atoms. The number of amides is 1. The molecule has 1 aromatic carbocycles. The van der Waals surface area contributed by atoms with Gasteiger partial charge in [-0.05, 0) is 19.1 Å². The minimum absolute atomic E-state index is 0.0415. The number of rotatable bonds is 2. The Kier molecular flexibility index (Phi) is 1.93. The fourth-order valence-corrected chi connectivity index (χ4v) is 1.22. The summed E-state index contributed by atoms with van der Waals surface area (Å²) in [6, 6.07) is 9.48. The van der Waals surface area contributed by atoms with Gasteiger partial charge in [-0.1, -0.05) is 18.2 Å². The van der Waals surface area contributed by atoms with Crippen molar-refractivity contribution in [3.8, 4) is 5.75 Å². The lowest BCUT2D eigenvalue weighted by Crippen LogP contribution is -2.59. The molecule has 3 nitrogen and oxygen atoms in total. The van der Waals surface area contributed by atoms with Crippen molar-refractivity contribution in [3.63, 3.8) is 0 Å². The summed E-state index contributed by atoms with van der Waals surface area (Å²) in [5.74, 6) is 0.806. The van der Waals surface area contributed by atoms with Crippen molar-refractivity contribution in [2.45, 2.75) is 13.2 Å². The predicted octanol–water partition coefficient (Wildman–Crippen LogP) is 1.16. The van der Waals surface area contributed by atoms with Gasteiger partial charge in [-0.25, -0.2) is 0 Å². The first kappa shape index (κ1) is 8.10. The number of carbonyl (C=O) groups is 1. The number of para-hydroxylation sites is 1. The molecule has 0 saturated carbocycles. The molecule has 1 aliphatic heterocycles.